The molecule has 0 amide bonds. The van der Waals surface area contributed by atoms with E-state index in [2.05, 4.69) is 0 Å². The first-order chi connectivity index (χ1) is 11.2. The second-order valence-electron chi connectivity index (χ2n) is 6.67. The van der Waals surface area contributed by atoms with Gasteiger partial charge >= 0.3 is 0 Å². The van der Waals surface area contributed by atoms with Crippen LogP contribution in [-0.4, -0.2) is 35.1 Å². The van der Waals surface area contributed by atoms with E-state index in [-0.39, 0.29) is 35.1 Å². The van der Waals surface area contributed by atoms with Gasteiger partial charge in [0.15, 0.2) is 11.6 Å². The van der Waals surface area contributed by atoms with Crippen LogP contribution in [0.2, 0.25) is 0 Å². The van der Waals surface area contributed by atoms with E-state index < -0.39 is 5.92 Å². The number of carbonyl (C=O) groups excluding carboxylic acids is 3. The number of ether oxygens (including phenoxy) is 1. The smallest absolute Gasteiger partial charge is 0.207 e. The number of ketones is 2. The molecule has 4 nitrogen and oxygen atoms in total. The van der Waals surface area contributed by atoms with Crippen molar-refractivity contribution < 1.29 is 19.1 Å². The lowest BCUT2D eigenvalue weighted by molar-refractivity contribution is -0.138. The van der Waals surface area contributed by atoms with E-state index in [4.69, 9.17) is 4.74 Å². The molecule has 1 aliphatic heterocycles. The van der Waals surface area contributed by atoms with Crippen molar-refractivity contribution >= 4 is 28.4 Å². The van der Waals surface area contributed by atoms with E-state index in [1.54, 1.807) is 0 Å². The molecule has 0 aromatic heterocycles. The molecule has 2 aliphatic rings. The maximum Gasteiger partial charge on any atom is 0.207 e. The third-order valence-corrected chi connectivity index (χ3v) is 5.70. The third-order valence-electron chi connectivity index (χ3n) is 4.75. The van der Waals surface area contributed by atoms with Crippen molar-refractivity contribution in [2.24, 2.45) is 5.92 Å². The zero-order valence-electron chi connectivity index (χ0n) is 13.9. The van der Waals surface area contributed by atoms with Gasteiger partial charge in [0.05, 0.1) is 11.9 Å². The Morgan fingerprint density at radius 1 is 0.913 bits per heavy atom. The Kier molecular flexibility index (Phi) is 8.31. The highest BCUT2D eigenvalue weighted by atomic mass is 32.2. The van der Waals surface area contributed by atoms with Gasteiger partial charge in [-0.3, -0.25) is 14.4 Å². The van der Waals surface area contributed by atoms with Crippen molar-refractivity contribution in [1.29, 1.82) is 0 Å². The Labute approximate surface area is 143 Å². The number of hydrogen-bond donors (Lipinski definition) is 0. The summed E-state index contributed by atoms with van der Waals surface area (Å²) in [5, 5.41) is -0.303. The summed E-state index contributed by atoms with van der Waals surface area (Å²) in [7, 11) is 0. The van der Waals surface area contributed by atoms with Crippen LogP contribution < -0.4 is 0 Å². The predicted molar refractivity (Wildman–Crippen MR) is 91.5 cm³/mol. The zero-order chi connectivity index (χ0) is 16.5. The van der Waals surface area contributed by atoms with Crippen LogP contribution in [-0.2, 0) is 19.1 Å². The molecule has 0 aromatic carbocycles. The highest BCUT2D eigenvalue weighted by Crippen LogP contribution is 2.24. The normalized spacial score (nSPS) is 25.8. The second kappa shape index (κ2) is 10.2. The van der Waals surface area contributed by atoms with Gasteiger partial charge in [-0.05, 0) is 12.8 Å². The van der Waals surface area contributed by atoms with Crippen LogP contribution in [0.5, 0.6) is 0 Å². The van der Waals surface area contributed by atoms with Gasteiger partial charge in [0.25, 0.3) is 0 Å². The molecular formula is C18H28O4S. The van der Waals surface area contributed by atoms with Crippen molar-refractivity contribution in [3.63, 3.8) is 0 Å². The molecule has 1 heterocycles. The Bertz CT molecular complexity index is 393. The van der Waals surface area contributed by atoms with Crippen LogP contribution in [0.15, 0.2) is 0 Å². The molecular weight excluding hydrogens is 312 g/mol. The van der Waals surface area contributed by atoms with Gasteiger partial charge in [-0.15, -0.1) is 0 Å². The maximum absolute atomic E-state index is 12.1. The topological polar surface area (TPSA) is 60.4 Å². The minimum absolute atomic E-state index is 0.0899. The summed E-state index contributed by atoms with van der Waals surface area (Å²) < 4.78 is 5.79. The minimum Gasteiger partial charge on any atom is -0.370 e. The van der Waals surface area contributed by atoms with E-state index in [0.717, 1.165) is 37.4 Å². The molecule has 0 spiro atoms. The average Bonchev–Trinajstić information content (AvgIpc) is 2.85. The number of Topliss-reactive ketones (excluding diaryl/α,β-unsaturated/α-hetero) is 2. The van der Waals surface area contributed by atoms with Gasteiger partial charge in [0, 0.05) is 0 Å². The van der Waals surface area contributed by atoms with E-state index in [1.165, 1.54) is 44.9 Å². The molecule has 1 saturated carbocycles. The van der Waals surface area contributed by atoms with E-state index in [0.29, 0.717) is 0 Å². The summed E-state index contributed by atoms with van der Waals surface area (Å²) in [5.41, 5.74) is 0. The molecule has 1 aliphatic carbocycles. The number of hydrogen-bond acceptors (Lipinski definition) is 5. The highest BCUT2D eigenvalue weighted by Gasteiger charge is 2.39. The zero-order valence-corrected chi connectivity index (χ0v) is 14.7. The lowest BCUT2D eigenvalue weighted by atomic mass is 9.99. The first-order valence-electron chi connectivity index (χ1n) is 9.02. The lowest BCUT2D eigenvalue weighted by Gasteiger charge is -2.19. The fraction of sp³-hybridized carbons (Fsp3) is 0.833. The molecule has 0 radical (unpaired) electrons. The Morgan fingerprint density at radius 3 is 1.91 bits per heavy atom. The van der Waals surface area contributed by atoms with Gasteiger partial charge in [0.2, 0.25) is 5.12 Å². The summed E-state index contributed by atoms with van der Waals surface area (Å²) in [6, 6.07) is 0. The van der Waals surface area contributed by atoms with E-state index >= 15 is 0 Å². The first-order valence-corrected chi connectivity index (χ1v) is 10.0. The Hall–Kier alpha value is -0.680. The van der Waals surface area contributed by atoms with Crippen LogP contribution in [0.4, 0.5) is 0 Å². The number of carbonyl (C=O) groups is 3. The molecule has 2 rings (SSSR count). The standard InChI is InChI=1S/C18H28O4S/c19-15(17-16(20)13-23-18(17)21)12-22-14-10-8-6-4-2-1-3-5-7-9-11-14/h14,17H,1-13H2. The summed E-state index contributed by atoms with van der Waals surface area (Å²) in [4.78, 5) is 35.3. The highest BCUT2D eigenvalue weighted by molar-refractivity contribution is 8.15. The van der Waals surface area contributed by atoms with Crippen LogP contribution in [0.1, 0.15) is 70.6 Å². The largest absolute Gasteiger partial charge is 0.370 e. The molecule has 2 fully saturated rings. The molecule has 1 unspecified atom stereocenters. The van der Waals surface area contributed by atoms with Crippen molar-refractivity contribution in [3.8, 4) is 0 Å². The molecule has 0 N–H and O–H groups in total. The SMILES string of the molecule is O=C(COC1CCCCCCCCCCC1)C1C(=O)CSC1=O. The van der Waals surface area contributed by atoms with Gasteiger partial charge in [-0.25, -0.2) is 0 Å². The molecule has 130 valence electrons. The fourth-order valence-corrected chi connectivity index (χ4v) is 4.21. The van der Waals surface area contributed by atoms with Crippen LogP contribution in [0.3, 0.4) is 0 Å². The predicted octanol–water partition coefficient (Wildman–Crippen LogP) is 3.70. The van der Waals surface area contributed by atoms with Crippen molar-refractivity contribution in [2.75, 3.05) is 12.4 Å². The molecule has 1 saturated heterocycles. The van der Waals surface area contributed by atoms with E-state index in [1.807, 2.05) is 0 Å². The molecule has 1 atom stereocenters. The van der Waals surface area contributed by atoms with E-state index in [9.17, 15) is 14.4 Å². The van der Waals surface area contributed by atoms with Crippen molar-refractivity contribution in [2.45, 2.75) is 76.7 Å². The molecule has 0 bridgehead atoms. The average molecular weight is 340 g/mol. The van der Waals surface area contributed by atoms with Gasteiger partial charge in [-0.1, -0.05) is 69.5 Å². The first kappa shape index (κ1) is 18.7. The summed E-state index contributed by atoms with van der Waals surface area (Å²) >= 11 is 0.954. The second-order valence-corrected chi connectivity index (χ2v) is 7.65. The minimum atomic E-state index is -1.06. The Balaban J connectivity index is 1.77. The number of rotatable bonds is 4. The molecule has 0 aromatic rings. The summed E-state index contributed by atoms with van der Waals surface area (Å²) in [5.74, 6) is -1.53. The van der Waals surface area contributed by atoms with Crippen LogP contribution in [0.25, 0.3) is 0 Å². The maximum atomic E-state index is 12.1. The summed E-state index contributed by atoms with van der Waals surface area (Å²) in [6.45, 7) is -0.0899. The number of thioether (sulfide) groups is 1. The van der Waals surface area contributed by atoms with Crippen LogP contribution >= 0.6 is 11.8 Å². The quantitative estimate of drug-likeness (QED) is 0.730. The third kappa shape index (κ3) is 6.38. The van der Waals surface area contributed by atoms with Gasteiger partial charge in [-0.2, -0.15) is 0 Å². The summed E-state index contributed by atoms with van der Waals surface area (Å²) in [6.07, 6.45) is 13.4. The fourth-order valence-electron chi connectivity index (χ4n) is 3.33. The van der Waals surface area contributed by atoms with Gasteiger partial charge < -0.3 is 4.74 Å². The monoisotopic (exact) mass is 340 g/mol. The molecule has 23 heavy (non-hydrogen) atoms. The van der Waals surface area contributed by atoms with Crippen molar-refractivity contribution in [3.05, 3.63) is 0 Å². The van der Waals surface area contributed by atoms with Crippen molar-refractivity contribution in [1.82, 2.24) is 0 Å². The van der Waals surface area contributed by atoms with Gasteiger partial charge in [0.1, 0.15) is 12.5 Å². The molecule has 5 heteroatoms. The van der Waals surface area contributed by atoms with Crippen LogP contribution in [0, 0.1) is 5.92 Å². The Morgan fingerprint density at radius 2 is 1.43 bits per heavy atom. The lowest BCUT2D eigenvalue weighted by Crippen LogP contribution is -2.30.